The first-order chi connectivity index (χ1) is 13.6. The first-order valence-electron chi connectivity index (χ1n) is 8.39. The van der Waals surface area contributed by atoms with Crippen LogP contribution in [0.25, 0.3) is 0 Å². The molecule has 29 heavy (non-hydrogen) atoms. The molecule has 0 atom stereocenters. The van der Waals surface area contributed by atoms with Crippen LogP contribution in [0.5, 0.6) is 5.75 Å². The Kier molecular flexibility index (Phi) is 7.02. The van der Waals surface area contributed by atoms with Crippen LogP contribution in [-0.4, -0.2) is 18.4 Å². The summed E-state index contributed by atoms with van der Waals surface area (Å²) in [5.74, 6) is -0.563. The zero-order chi connectivity index (χ0) is 21.8. The Labute approximate surface area is 163 Å². The Morgan fingerprint density at radius 2 is 1.90 bits per heavy atom. The van der Waals surface area contributed by atoms with Crippen molar-refractivity contribution < 1.29 is 41.4 Å². The first kappa shape index (κ1) is 22.4. The van der Waals surface area contributed by atoms with Crippen molar-refractivity contribution in [1.82, 2.24) is 0 Å². The van der Waals surface area contributed by atoms with Crippen LogP contribution in [-0.2, 0) is 23.9 Å². The number of hydrogen-bond acceptors (Lipinski definition) is 4. The van der Waals surface area contributed by atoms with Gasteiger partial charge in [-0.15, -0.1) is 0 Å². The van der Waals surface area contributed by atoms with Gasteiger partial charge in [0.2, 0.25) is 0 Å². The van der Waals surface area contributed by atoms with E-state index < -0.39 is 47.9 Å². The van der Waals surface area contributed by atoms with Gasteiger partial charge >= 0.3 is 12.3 Å². The fraction of sp³-hybridized carbons (Fsp3) is 0.316. The highest BCUT2D eigenvalue weighted by Gasteiger charge is 2.35. The van der Waals surface area contributed by atoms with Gasteiger partial charge in [-0.25, -0.2) is 13.6 Å². The predicted octanol–water partition coefficient (Wildman–Crippen LogP) is 5.75. The molecule has 0 bridgehead atoms. The van der Waals surface area contributed by atoms with Crippen LogP contribution in [0.3, 0.4) is 0 Å². The van der Waals surface area contributed by atoms with E-state index in [2.05, 4.69) is 4.74 Å². The van der Waals surface area contributed by atoms with E-state index in [-0.39, 0.29) is 10.6 Å². The van der Waals surface area contributed by atoms with Gasteiger partial charge in [0, 0.05) is 11.1 Å². The van der Waals surface area contributed by atoms with Gasteiger partial charge in [0.1, 0.15) is 12.4 Å². The summed E-state index contributed by atoms with van der Waals surface area (Å²) in [6, 6.07) is 6.75. The number of aryl methyl sites for hydroxylation is 1. The maximum atomic E-state index is 13.4. The van der Waals surface area contributed by atoms with Crippen LogP contribution in [0.15, 0.2) is 36.4 Å². The number of hydrogen-bond donors (Lipinski definition) is 1. The summed E-state index contributed by atoms with van der Waals surface area (Å²) in [6.45, 7) is 0.933. The van der Waals surface area contributed by atoms with E-state index in [9.17, 15) is 32.0 Å². The van der Waals surface area contributed by atoms with Crippen LogP contribution < -0.4 is 9.80 Å². The molecule has 0 aliphatic carbocycles. The van der Waals surface area contributed by atoms with Crippen molar-refractivity contribution in [3.05, 3.63) is 58.7 Å². The molecule has 1 amide bonds. The van der Waals surface area contributed by atoms with E-state index in [4.69, 9.17) is 4.74 Å². The van der Waals surface area contributed by atoms with Gasteiger partial charge in [0.25, 0.3) is 6.43 Å². The normalized spacial score (nSPS) is 11.5. The van der Waals surface area contributed by atoms with E-state index in [1.54, 1.807) is 6.92 Å². The van der Waals surface area contributed by atoms with Crippen LogP contribution in [0, 0.1) is 0 Å². The molecule has 2 aromatic rings. The van der Waals surface area contributed by atoms with Crippen molar-refractivity contribution in [3.63, 3.8) is 0 Å². The number of halogens is 5. The number of anilines is 1. The van der Waals surface area contributed by atoms with Crippen LogP contribution in [0.4, 0.5) is 32.4 Å². The Balaban J connectivity index is 2.46. The SMILES string of the molecule is CCc1ccc(OCc2c(C(F)F)cccc2N(O)C(=O)OC)c(C(F)(F)F)c1. The number of methoxy groups -OCH3 is 1. The molecule has 0 saturated heterocycles. The first-order valence-corrected chi connectivity index (χ1v) is 8.39. The summed E-state index contributed by atoms with van der Waals surface area (Å²) in [4.78, 5) is 11.6. The minimum Gasteiger partial charge on any atom is -0.488 e. The number of alkyl halides is 5. The highest BCUT2D eigenvalue weighted by Crippen LogP contribution is 2.38. The monoisotopic (exact) mass is 419 g/mol. The molecule has 0 fully saturated rings. The molecule has 0 aliphatic heterocycles. The zero-order valence-corrected chi connectivity index (χ0v) is 15.5. The lowest BCUT2D eigenvalue weighted by atomic mass is 10.1. The Hall–Kier alpha value is -2.88. The number of hydroxylamine groups is 1. The second-order valence-electron chi connectivity index (χ2n) is 5.90. The summed E-state index contributed by atoms with van der Waals surface area (Å²) in [6.07, 6.45) is -8.65. The maximum Gasteiger partial charge on any atom is 0.438 e. The fourth-order valence-corrected chi connectivity index (χ4v) is 2.63. The largest absolute Gasteiger partial charge is 0.488 e. The standard InChI is InChI=1S/C19H18F5NO4/c1-3-11-7-8-16(14(9-11)19(22,23)24)29-10-13-12(17(20)21)5-4-6-15(13)25(27)18(26)28-2/h4-9,17,27H,3,10H2,1-2H3. The van der Waals surface area contributed by atoms with Crippen molar-refractivity contribution in [2.24, 2.45) is 0 Å². The molecular formula is C19H18F5NO4. The minimum absolute atomic E-state index is 0.0184. The highest BCUT2D eigenvalue weighted by atomic mass is 19.4. The number of carbonyl (C=O) groups is 1. The third-order valence-corrected chi connectivity index (χ3v) is 4.13. The van der Waals surface area contributed by atoms with Crippen molar-refractivity contribution in [2.45, 2.75) is 32.6 Å². The molecule has 0 aromatic heterocycles. The smallest absolute Gasteiger partial charge is 0.438 e. The number of ether oxygens (including phenoxy) is 2. The van der Waals surface area contributed by atoms with E-state index in [0.717, 1.165) is 37.4 Å². The summed E-state index contributed by atoms with van der Waals surface area (Å²) in [7, 11) is 0.962. The zero-order valence-electron chi connectivity index (χ0n) is 15.5. The number of amides is 1. The van der Waals surface area contributed by atoms with E-state index in [0.29, 0.717) is 12.0 Å². The van der Waals surface area contributed by atoms with Gasteiger partial charge in [-0.05, 0) is 30.2 Å². The molecule has 1 N–H and O–H groups in total. The quantitative estimate of drug-likeness (QED) is 0.368. The molecule has 10 heteroatoms. The second kappa shape index (κ2) is 9.08. The second-order valence-corrected chi connectivity index (χ2v) is 5.90. The van der Waals surface area contributed by atoms with Gasteiger partial charge in [-0.3, -0.25) is 5.21 Å². The minimum atomic E-state index is -4.72. The Morgan fingerprint density at radius 3 is 2.45 bits per heavy atom. The molecule has 2 rings (SSSR count). The van der Waals surface area contributed by atoms with Crippen LogP contribution in [0.2, 0.25) is 0 Å². The predicted molar refractivity (Wildman–Crippen MR) is 93.2 cm³/mol. The number of rotatable bonds is 6. The average Bonchev–Trinajstić information content (AvgIpc) is 2.69. The molecule has 0 aliphatic rings. The van der Waals surface area contributed by atoms with Gasteiger partial charge in [0.05, 0.1) is 18.4 Å². The lowest BCUT2D eigenvalue weighted by Gasteiger charge is -2.21. The van der Waals surface area contributed by atoms with Crippen molar-refractivity contribution in [3.8, 4) is 5.75 Å². The Morgan fingerprint density at radius 1 is 1.21 bits per heavy atom. The lowest BCUT2D eigenvalue weighted by molar-refractivity contribution is -0.139. The third-order valence-electron chi connectivity index (χ3n) is 4.13. The summed E-state index contributed by atoms with van der Waals surface area (Å²) < 4.78 is 76.4. The summed E-state index contributed by atoms with van der Waals surface area (Å²) in [5.41, 5.74) is -1.99. The van der Waals surface area contributed by atoms with E-state index in [1.165, 1.54) is 6.07 Å². The topological polar surface area (TPSA) is 59.0 Å². The van der Waals surface area contributed by atoms with Gasteiger partial charge in [-0.1, -0.05) is 25.1 Å². The highest BCUT2D eigenvalue weighted by molar-refractivity contribution is 5.86. The Bertz CT molecular complexity index is 870. The fourth-order valence-electron chi connectivity index (χ4n) is 2.63. The van der Waals surface area contributed by atoms with Crippen molar-refractivity contribution >= 4 is 11.8 Å². The van der Waals surface area contributed by atoms with Crippen molar-refractivity contribution in [2.75, 3.05) is 12.2 Å². The van der Waals surface area contributed by atoms with Gasteiger partial charge in [0.15, 0.2) is 0 Å². The number of benzene rings is 2. The average molecular weight is 419 g/mol. The summed E-state index contributed by atoms with van der Waals surface area (Å²) in [5, 5.41) is 9.89. The molecule has 0 unspecified atom stereocenters. The molecule has 0 radical (unpaired) electrons. The molecule has 2 aromatic carbocycles. The van der Waals surface area contributed by atoms with E-state index >= 15 is 0 Å². The third kappa shape index (κ3) is 5.14. The van der Waals surface area contributed by atoms with Gasteiger partial charge < -0.3 is 9.47 Å². The maximum absolute atomic E-state index is 13.4. The van der Waals surface area contributed by atoms with Crippen LogP contribution >= 0.6 is 0 Å². The summed E-state index contributed by atoms with van der Waals surface area (Å²) >= 11 is 0. The molecule has 0 spiro atoms. The molecule has 158 valence electrons. The molecule has 5 nitrogen and oxygen atoms in total. The molecule has 0 saturated carbocycles. The number of carbonyl (C=O) groups excluding carboxylic acids is 1. The lowest BCUT2D eigenvalue weighted by Crippen LogP contribution is -2.28. The van der Waals surface area contributed by atoms with Crippen LogP contribution in [0.1, 0.15) is 35.6 Å². The van der Waals surface area contributed by atoms with E-state index in [1.807, 2.05) is 0 Å². The molecule has 0 heterocycles. The van der Waals surface area contributed by atoms with Gasteiger partial charge in [-0.2, -0.15) is 18.2 Å². The van der Waals surface area contributed by atoms with Crippen molar-refractivity contribution in [1.29, 1.82) is 0 Å². The molecular weight excluding hydrogens is 401 g/mol. The number of nitrogens with zero attached hydrogens (tertiary/aromatic N) is 1.